The lowest BCUT2D eigenvalue weighted by atomic mass is 10.0. The van der Waals surface area contributed by atoms with Crippen LogP contribution in [0.15, 0.2) is 35.5 Å². The first-order valence-corrected chi connectivity index (χ1v) is 12.0. The van der Waals surface area contributed by atoms with E-state index in [1.54, 1.807) is 20.0 Å². The number of aliphatic imine (C=N–C) groups is 1. The van der Waals surface area contributed by atoms with Gasteiger partial charge in [-0.3, -0.25) is 19.4 Å². The number of hydrogen-bond donors (Lipinski definition) is 8. The van der Waals surface area contributed by atoms with Gasteiger partial charge in [0.15, 0.2) is 5.96 Å². The number of H-pyrrole nitrogens is 1. The normalized spacial score (nSPS) is 13.4. The predicted octanol–water partition coefficient (Wildman–Crippen LogP) is -1.08. The van der Waals surface area contributed by atoms with Gasteiger partial charge in [0.2, 0.25) is 17.7 Å². The van der Waals surface area contributed by atoms with Crippen LogP contribution in [0.25, 0.3) is 10.9 Å². The third-order valence-electron chi connectivity index (χ3n) is 5.75. The number of nitrogens with one attached hydrogen (secondary N) is 4. The number of amides is 3. The fourth-order valence-corrected chi connectivity index (χ4v) is 3.60. The highest BCUT2D eigenvalue weighted by Crippen LogP contribution is 2.19. The quantitative estimate of drug-likeness (QED) is 0.0871. The zero-order valence-corrected chi connectivity index (χ0v) is 21.0. The van der Waals surface area contributed by atoms with Gasteiger partial charge in [-0.25, -0.2) is 4.79 Å². The van der Waals surface area contributed by atoms with Crippen molar-refractivity contribution in [3.63, 3.8) is 0 Å². The second-order valence-corrected chi connectivity index (χ2v) is 9.02. The Balaban J connectivity index is 2.14. The molecular formula is C24H36N8O5. The van der Waals surface area contributed by atoms with Gasteiger partial charge in [0.25, 0.3) is 0 Å². The van der Waals surface area contributed by atoms with Gasteiger partial charge in [-0.05, 0) is 30.4 Å². The highest BCUT2D eigenvalue weighted by molar-refractivity contribution is 5.93. The van der Waals surface area contributed by atoms with Crippen molar-refractivity contribution in [2.45, 2.75) is 51.2 Å². The average molecular weight is 517 g/mol. The van der Waals surface area contributed by atoms with Crippen LogP contribution in [0.3, 0.4) is 0 Å². The maximum atomic E-state index is 13.2. The van der Waals surface area contributed by atoms with Crippen molar-refractivity contribution < 1.29 is 24.3 Å². The summed E-state index contributed by atoms with van der Waals surface area (Å²) in [5.74, 6) is -3.26. The van der Waals surface area contributed by atoms with Crippen LogP contribution in [0.4, 0.5) is 0 Å². The van der Waals surface area contributed by atoms with Gasteiger partial charge < -0.3 is 43.2 Å². The van der Waals surface area contributed by atoms with Crippen molar-refractivity contribution in [2.24, 2.45) is 28.1 Å². The molecule has 13 nitrogen and oxygen atoms in total. The highest BCUT2D eigenvalue weighted by atomic mass is 16.4. The summed E-state index contributed by atoms with van der Waals surface area (Å²) >= 11 is 0. The molecule has 2 rings (SSSR count). The Morgan fingerprint density at radius 1 is 1.05 bits per heavy atom. The summed E-state index contributed by atoms with van der Waals surface area (Å²) in [7, 11) is 0. The highest BCUT2D eigenvalue weighted by Gasteiger charge is 2.28. The molecule has 202 valence electrons. The molecule has 3 atom stereocenters. The molecule has 37 heavy (non-hydrogen) atoms. The SMILES string of the molecule is CC(C)C(N)C(=O)NCC(=O)NC(Cc1c[nH]c2ccccc12)C(=O)NC(CCCN=C(N)N)C(=O)O. The minimum Gasteiger partial charge on any atom is -0.480 e. The number of para-hydroxylation sites is 1. The van der Waals surface area contributed by atoms with Crippen LogP contribution < -0.4 is 33.2 Å². The molecule has 0 saturated heterocycles. The Bertz CT molecular complexity index is 1130. The zero-order chi connectivity index (χ0) is 27.5. The smallest absolute Gasteiger partial charge is 0.326 e. The number of rotatable bonds is 14. The Hall–Kier alpha value is -4.13. The molecule has 1 aromatic heterocycles. The number of carboxylic acid groups (broad SMARTS) is 1. The number of guanidine groups is 1. The maximum Gasteiger partial charge on any atom is 0.326 e. The summed E-state index contributed by atoms with van der Waals surface area (Å²) in [5, 5.41) is 18.0. The summed E-state index contributed by atoms with van der Waals surface area (Å²) in [6.07, 6.45) is 2.21. The van der Waals surface area contributed by atoms with Crippen molar-refractivity contribution in [3.8, 4) is 0 Å². The molecular weight excluding hydrogens is 480 g/mol. The lowest BCUT2D eigenvalue weighted by molar-refractivity contribution is -0.142. The molecule has 1 heterocycles. The third kappa shape index (κ3) is 9.11. The summed E-state index contributed by atoms with van der Waals surface area (Å²) in [5.41, 5.74) is 18.0. The van der Waals surface area contributed by atoms with Crippen molar-refractivity contribution in [1.29, 1.82) is 0 Å². The fourth-order valence-electron chi connectivity index (χ4n) is 3.60. The number of aromatic nitrogens is 1. The molecule has 2 aromatic rings. The molecule has 0 spiro atoms. The van der Waals surface area contributed by atoms with Crippen molar-refractivity contribution in [1.82, 2.24) is 20.9 Å². The second kappa shape index (κ2) is 13.8. The van der Waals surface area contributed by atoms with Gasteiger partial charge in [-0.15, -0.1) is 0 Å². The number of carbonyl (C=O) groups excluding carboxylic acids is 3. The average Bonchev–Trinajstić information content (AvgIpc) is 3.25. The number of hydrogen-bond acceptors (Lipinski definition) is 6. The Kier molecular flexibility index (Phi) is 10.9. The third-order valence-corrected chi connectivity index (χ3v) is 5.75. The number of nitrogens with zero attached hydrogens (tertiary/aromatic N) is 1. The minimum absolute atomic E-state index is 0.0781. The molecule has 11 N–H and O–H groups in total. The van der Waals surface area contributed by atoms with Crippen LogP contribution >= 0.6 is 0 Å². The molecule has 0 aliphatic carbocycles. The Morgan fingerprint density at radius 2 is 1.76 bits per heavy atom. The molecule has 3 unspecified atom stereocenters. The second-order valence-electron chi connectivity index (χ2n) is 9.02. The van der Waals surface area contributed by atoms with Crippen molar-refractivity contribution >= 4 is 40.6 Å². The van der Waals surface area contributed by atoms with E-state index < -0.39 is 48.4 Å². The number of fused-ring (bicyclic) bond motifs is 1. The molecule has 3 amide bonds. The van der Waals surface area contributed by atoms with Crippen LogP contribution in [0, 0.1) is 5.92 Å². The number of aliphatic carboxylic acids is 1. The summed E-state index contributed by atoms with van der Waals surface area (Å²) in [6, 6.07) is 4.34. The molecule has 0 radical (unpaired) electrons. The van der Waals surface area contributed by atoms with Crippen LogP contribution in [0.1, 0.15) is 32.3 Å². The maximum absolute atomic E-state index is 13.2. The Labute approximate surface area is 214 Å². The van der Waals surface area contributed by atoms with Crippen LogP contribution in [-0.2, 0) is 25.6 Å². The number of nitrogens with two attached hydrogens (primary N) is 3. The molecule has 0 aliphatic rings. The molecule has 1 aromatic carbocycles. The van der Waals surface area contributed by atoms with E-state index in [9.17, 15) is 24.3 Å². The van der Waals surface area contributed by atoms with E-state index in [2.05, 4.69) is 25.9 Å². The summed E-state index contributed by atoms with van der Waals surface area (Å²) < 4.78 is 0. The van der Waals surface area contributed by atoms with E-state index >= 15 is 0 Å². The number of carboxylic acids is 1. The lowest BCUT2D eigenvalue weighted by Crippen LogP contribution is -2.54. The monoisotopic (exact) mass is 516 g/mol. The predicted molar refractivity (Wildman–Crippen MR) is 139 cm³/mol. The Morgan fingerprint density at radius 3 is 2.41 bits per heavy atom. The lowest BCUT2D eigenvalue weighted by Gasteiger charge is -2.22. The zero-order valence-electron chi connectivity index (χ0n) is 21.0. The van der Waals surface area contributed by atoms with E-state index in [1.165, 1.54) is 0 Å². The molecule has 0 aliphatic heterocycles. The fraction of sp³-hybridized carbons (Fsp3) is 0.458. The minimum atomic E-state index is -1.23. The number of benzene rings is 1. The van der Waals surface area contributed by atoms with Gasteiger partial charge in [-0.2, -0.15) is 0 Å². The molecule has 0 bridgehead atoms. The number of aromatic amines is 1. The largest absolute Gasteiger partial charge is 0.480 e. The van der Waals surface area contributed by atoms with Gasteiger partial charge in [0.05, 0.1) is 12.6 Å². The van der Waals surface area contributed by atoms with E-state index in [4.69, 9.17) is 17.2 Å². The van der Waals surface area contributed by atoms with Gasteiger partial charge in [-0.1, -0.05) is 32.0 Å². The van der Waals surface area contributed by atoms with Crippen molar-refractivity contribution in [2.75, 3.05) is 13.1 Å². The van der Waals surface area contributed by atoms with Crippen LogP contribution in [-0.4, -0.2) is 71.0 Å². The van der Waals surface area contributed by atoms with E-state index in [0.29, 0.717) is 6.42 Å². The van der Waals surface area contributed by atoms with E-state index in [-0.39, 0.29) is 31.3 Å². The summed E-state index contributed by atoms with van der Waals surface area (Å²) in [4.78, 5) is 56.6. The first-order chi connectivity index (χ1) is 17.5. The first kappa shape index (κ1) is 29.1. The van der Waals surface area contributed by atoms with Gasteiger partial charge in [0.1, 0.15) is 12.1 Å². The first-order valence-electron chi connectivity index (χ1n) is 12.0. The topological polar surface area (TPSA) is 231 Å². The molecule has 0 fully saturated rings. The van der Waals surface area contributed by atoms with Crippen LogP contribution in [0.2, 0.25) is 0 Å². The van der Waals surface area contributed by atoms with Gasteiger partial charge >= 0.3 is 5.97 Å². The van der Waals surface area contributed by atoms with E-state index in [1.807, 2.05) is 24.3 Å². The van der Waals surface area contributed by atoms with Gasteiger partial charge in [0, 0.05) is 30.1 Å². The summed E-state index contributed by atoms with van der Waals surface area (Å²) in [6.45, 7) is 3.37. The standard InChI is InChI=1S/C24H36N8O5/c1-13(2)20(25)22(35)30-12-19(33)31-18(10-14-11-29-16-7-4-3-6-15(14)16)21(34)32-17(23(36)37)8-5-9-28-24(26)27/h3-4,6-7,11,13,17-18,20,29H,5,8-10,12,25H2,1-2H3,(H,30,35)(H,31,33)(H,32,34)(H,36,37)(H4,26,27,28). The molecule has 13 heteroatoms. The number of carbonyl (C=O) groups is 4. The van der Waals surface area contributed by atoms with Crippen molar-refractivity contribution in [3.05, 3.63) is 36.0 Å². The van der Waals surface area contributed by atoms with E-state index in [0.717, 1.165) is 16.5 Å². The van der Waals surface area contributed by atoms with Crippen LogP contribution in [0.5, 0.6) is 0 Å². The molecule has 0 saturated carbocycles.